The van der Waals surface area contributed by atoms with Gasteiger partial charge in [-0.15, -0.1) is 11.3 Å². The van der Waals surface area contributed by atoms with Crippen molar-refractivity contribution in [3.8, 4) is 11.8 Å². The van der Waals surface area contributed by atoms with Crippen molar-refractivity contribution in [2.75, 3.05) is 5.32 Å². The number of hydrazone groups is 1. The first-order valence-corrected chi connectivity index (χ1v) is 13.3. The summed E-state index contributed by atoms with van der Waals surface area (Å²) >= 11 is 7.48. The van der Waals surface area contributed by atoms with Crippen molar-refractivity contribution in [1.29, 1.82) is 5.26 Å². The van der Waals surface area contributed by atoms with Crippen molar-refractivity contribution in [2.24, 2.45) is 5.10 Å². The predicted octanol–water partition coefficient (Wildman–Crippen LogP) is 5.61. The molecule has 194 valence electrons. The smallest absolute Gasteiger partial charge is 0.345 e. The normalized spacial score (nSPS) is 12.5. The van der Waals surface area contributed by atoms with Gasteiger partial charge in [0.25, 0.3) is 0 Å². The number of halogens is 1. The van der Waals surface area contributed by atoms with Crippen molar-refractivity contribution in [2.45, 2.75) is 25.7 Å². The number of anilines is 1. The molecule has 3 aromatic carbocycles. The van der Waals surface area contributed by atoms with E-state index < -0.39 is 17.8 Å². The summed E-state index contributed by atoms with van der Waals surface area (Å²) in [7, 11) is 0. The summed E-state index contributed by atoms with van der Waals surface area (Å²) in [5.74, 6) is -2.40. The summed E-state index contributed by atoms with van der Waals surface area (Å²) in [6, 6.07) is 19.5. The highest BCUT2D eigenvalue weighted by Crippen LogP contribution is 2.37. The number of hydrogen-bond acceptors (Lipinski definition) is 7. The van der Waals surface area contributed by atoms with Crippen molar-refractivity contribution in [3.05, 3.63) is 92.8 Å². The van der Waals surface area contributed by atoms with E-state index in [0.29, 0.717) is 21.5 Å². The van der Waals surface area contributed by atoms with Crippen molar-refractivity contribution in [3.63, 3.8) is 0 Å². The van der Waals surface area contributed by atoms with E-state index in [9.17, 15) is 19.6 Å². The second-order valence-electron chi connectivity index (χ2n) is 8.75. The lowest BCUT2D eigenvalue weighted by Gasteiger charge is -2.11. The molecule has 10 heteroatoms. The molecule has 1 aromatic heterocycles. The SMILES string of the molecule is N#Cc1c(NC(=O)C(=O)NN=Cc2c(OC(=O)c3ccccc3Cl)ccc3ccccc23)sc2c1CCCC2. The molecule has 1 aliphatic rings. The van der Waals surface area contributed by atoms with E-state index in [2.05, 4.69) is 21.9 Å². The number of aryl methyl sites for hydroxylation is 1. The average molecular weight is 557 g/mol. The minimum absolute atomic E-state index is 0.198. The monoisotopic (exact) mass is 556 g/mol. The zero-order valence-corrected chi connectivity index (χ0v) is 22.1. The fourth-order valence-corrected chi connectivity index (χ4v) is 5.87. The van der Waals surface area contributed by atoms with Crippen LogP contribution in [0.15, 0.2) is 65.8 Å². The van der Waals surface area contributed by atoms with Gasteiger partial charge in [-0.25, -0.2) is 10.2 Å². The van der Waals surface area contributed by atoms with Crippen LogP contribution in [0.5, 0.6) is 5.75 Å². The van der Waals surface area contributed by atoms with Gasteiger partial charge in [0.05, 0.1) is 22.4 Å². The average Bonchev–Trinajstić information content (AvgIpc) is 3.30. The number of fused-ring (bicyclic) bond motifs is 2. The van der Waals surface area contributed by atoms with E-state index in [0.717, 1.165) is 41.5 Å². The minimum atomic E-state index is -1.00. The third-order valence-corrected chi connectivity index (χ3v) is 7.84. The van der Waals surface area contributed by atoms with Gasteiger partial charge < -0.3 is 10.1 Å². The molecule has 2 N–H and O–H groups in total. The Kier molecular flexibility index (Phi) is 7.68. The molecule has 0 saturated heterocycles. The summed E-state index contributed by atoms with van der Waals surface area (Å²) < 4.78 is 5.63. The van der Waals surface area contributed by atoms with Gasteiger partial charge >= 0.3 is 17.8 Å². The Hall–Kier alpha value is -4.52. The number of ether oxygens (including phenoxy) is 1. The molecule has 39 heavy (non-hydrogen) atoms. The summed E-state index contributed by atoms with van der Waals surface area (Å²) in [6.07, 6.45) is 4.98. The van der Waals surface area contributed by atoms with Crippen LogP contribution in [0.1, 0.15) is 44.8 Å². The molecular formula is C29H21ClN4O4S. The van der Waals surface area contributed by atoms with Crippen molar-refractivity contribution >= 4 is 62.7 Å². The predicted molar refractivity (Wildman–Crippen MR) is 150 cm³/mol. The maximum atomic E-state index is 12.8. The molecule has 0 saturated carbocycles. The van der Waals surface area contributed by atoms with Gasteiger partial charge in [0.15, 0.2) is 0 Å². The van der Waals surface area contributed by atoms with Crippen molar-refractivity contribution in [1.82, 2.24) is 5.43 Å². The highest BCUT2D eigenvalue weighted by atomic mass is 35.5. The molecule has 0 radical (unpaired) electrons. The van der Waals surface area contributed by atoms with Crippen LogP contribution in [0.4, 0.5) is 5.00 Å². The number of carbonyl (C=O) groups excluding carboxylic acids is 3. The number of amides is 2. The van der Waals surface area contributed by atoms with E-state index >= 15 is 0 Å². The third kappa shape index (κ3) is 5.53. The number of carbonyl (C=O) groups is 3. The molecule has 5 rings (SSSR count). The number of benzene rings is 3. The van der Waals surface area contributed by atoms with Gasteiger partial charge in [0.2, 0.25) is 0 Å². The molecule has 0 aliphatic heterocycles. The molecule has 0 atom stereocenters. The topological polar surface area (TPSA) is 121 Å². The lowest BCUT2D eigenvalue weighted by Crippen LogP contribution is -2.32. The van der Waals surface area contributed by atoms with Crippen LogP contribution in [0.2, 0.25) is 5.02 Å². The summed E-state index contributed by atoms with van der Waals surface area (Å²) in [6.45, 7) is 0. The van der Waals surface area contributed by atoms with Crippen molar-refractivity contribution < 1.29 is 19.1 Å². The Balaban J connectivity index is 1.35. The molecule has 0 bridgehead atoms. The minimum Gasteiger partial charge on any atom is -0.422 e. The third-order valence-electron chi connectivity index (χ3n) is 6.30. The quantitative estimate of drug-likeness (QED) is 0.109. The van der Waals surface area contributed by atoms with Gasteiger partial charge in [0.1, 0.15) is 16.8 Å². The fourth-order valence-electron chi connectivity index (χ4n) is 4.42. The number of nitrogens with zero attached hydrogens (tertiary/aromatic N) is 2. The zero-order chi connectivity index (χ0) is 27.4. The van der Waals surface area contributed by atoms with E-state index in [-0.39, 0.29) is 16.3 Å². The molecule has 0 spiro atoms. The first-order chi connectivity index (χ1) is 19.0. The number of hydrogen-bond donors (Lipinski definition) is 2. The molecule has 8 nitrogen and oxygen atoms in total. The Morgan fingerprint density at radius 2 is 1.77 bits per heavy atom. The number of esters is 1. The first kappa shape index (κ1) is 26.1. The van der Waals surface area contributed by atoms with E-state index in [1.807, 2.05) is 24.3 Å². The first-order valence-electron chi connectivity index (χ1n) is 12.1. The number of rotatable bonds is 5. The van der Waals surface area contributed by atoms with Crippen LogP contribution in [0.3, 0.4) is 0 Å². The molecule has 2 amide bonds. The van der Waals surface area contributed by atoms with Crippen LogP contribution in [0, 0.1) is 11.3 Å². The maximum Gasteiger partial charge on any atom is 0.345 e. The van der Waals surface area contributed by atoms with Gasteiger partial charge in [-0.2, -0.15) is 10.4 Å². The second-order valence-corrected chi connectivity index (χ2v) is 10.3. The van der Waals surface area contributed by atoms with Gasteiger partial charge in [0, 0.05) is 10.4 Å². The highest BCUT2D eigenvalue weighted by Gasteiger charge is 2.24. The zero-order valence-electron chi connectivity index (χ0n) is 20.5. The molecule has 4 aromatic rings. The van der Waals surface area contributed by atoms with Crippen LogP contribution in [0.25, 0.3) is 10.8 Å². The van der Waals surface area contributed by atoms with Gasteiger partial charge in [-0.1, -0.05) is 54.1 Å². The fraction of sp³-hybridized carbons (Fsp3) is 0.138. The Morgan fingerprint density at radius 1 is 1.00 bits per heavy atom. The summed E-state index contributed by atoms with van der Waals surface area (Å²) in [5, 5.41) is 18.3. The van der Waals surface area contributed by atoms with Gasteiger partial charge in [-0.05, 0) is 60.2 Å². The molecule has 1 aliphatic carbocycles. The second kappa shape index (κ2) is 11.5. The Labute approximate surface area is 232 Å². The lowest BCUT2D eigenvalue weighted by atomic mass is 9.96. The maximum absolute atomic E-state index is 12.8. The molecule has 1 heterocycles. The molecular weight excluding hydrogens is 536 g/mol. The summed E-state index contributed by atoms with van der Waals surface area (Å²) in [4.78, 5) is 39.0. The van der Waals surface area contributed by atoms with Crippen LogP contribution in [-0.4, -0.2) is 24.0 Å². The van der Waals surface area contributed by atoms with E-state index in [4.69, 9.17) is 16.3 Å². The van der Waals surface area contributed by atoms with E-state index in [1.165, 1.54) is 17.6 Å². The molecule has 0 fully saturated rings. The lowest BCUT2D eigenvalue weighted by molar-refractivity contribution is -0.136. The highest BCUT2D eigenvalue weighted by molar-refractivity contribution is 7.16. The summed E-state index contributed by atoms with van der Waals surface area (Å²) in [5.41, 5.74) is 4.21. The number of nitriles is 1. The Bertz CT molecular complexity index is 1690. The standard InChI is InChI=1S/C29H21ClN4O4S/c30-23-11-5-3-10-20(23)29(37)38-24-14-13-17-7-1-2-8-18(17)22(24)16-32-34-27(36)26(35)33-28-21(15-31)19-9-4-6-12-25(19)39-28/h1-3,5,7-8,10-11,13-14,16H,4,6,9,12H2,(H,33,35)(H,34,36). The number of thiophene rings is 1. The van der Waals surface area contributed by atoms with Crippen LogP contribution >= 0.6 is 22.9 Å². The Morgan fingerprint density at radius 3 is 2.59 bits per heavy atom. The molecule has 0 unspecified atom stereocenters. The number of nitrogens with one attached hydrogen (secondary N) is 2. The van der Waals surface area contributed by atoms with Crippen LogP contribution < -0.4 is 15.5 Å². The van der Waals surface area contributed by atoms with Crippen LogP contribution in [-0.2, 0) is 22.4 Å². The van der Waals surface area contributed by atoms with E-state index in [1.54, 1.807) is 36.4 Å². The van der Waals surface area contributed by atoms with Gasteiger partial charge in [-0.3, -0.25) is 9.59 Å². The largest absolute Gasteiger partial charge is 0.422 e.